The van der Waals surface area contributed by atoms with Crippen LogP contribution in [-0.4, -0.2) is 22.4 Å². The number of rotatable bonds is 6. The number of halogens is 2. The lowest BCUT2D eigenvalue weighted by Gasteiger charge is -2.07. The molecule has 5 nitrogen and oxygen atoms in total. The molecule has 1 heterocycles. The summed E-state index contributed by atoms with van der Waals surface area (Å²) < 4.78 is 25.7. The van der Waals surface area contributed by atoms with Crippen LogP contribution in [0.2, 0.25) is 0 Å². The fraction of sp³-hybridized carbons (Fsp3) is 0.105. The summed E-state index contributed by atoms with van der Waals surface area (Å²) in [5.41, 5.74) is 1.90. The quantitative estimate of drug-likeness (QED) is 0.711. The van der Waals surface area contributed by atoms with Crippen molar-refractivity contribution in [3.05, 3.63) is 83.7 Å². The third kappa shape index (κ3) is 4.83. The van der Waals surface area contributed by atoms with E-state index in [1.54, 1.807) is 24.3 Å². The van der Waals surface area contributed by atoms with Crippen LogP contribution in [0.5, 0.6) is 0 Å². The summed E-state index contributed by atoms with van der Waals surface area (Å²) >= 11 is 0. The number of aromatic nitrogens is 2. The Morgan fingerprint density at radius 1 is 0.885 bits per heavy atom. The van der Waals surface area contributed by atoms with E-state index in [-0.39, 0.29) is 17.5 Å². The zero-order valence-electron chi connectivity index (χ0n) is 13.7. The summed E-state index contributed by atoms with van der Waals surface area (Å²) in [6.45, 7) is 0.417. The van der Waals surface area contributed by atoms with Gasteiger partial charge in [0.15, 0.2) is 0 Å². The van der Waals surface area contributed by atoms with Gasteiger partial charge < -0.3 is 10.6 Å². The Morgan fingerprint density at radius 3 is 2.08 bits per heavy atom. The third-order valence-electron chi connectivity index (χ3n) is 3.63. The molecule has 1 aromatic heterocycles. The maximum atomic E-state index is 12.9. The van der Waals surface area contributed by atoms with Gasteiger partial charge in [-0.05, 0) is 48.4 Å². The van der Waals surface area contributed by atoms with E-state index in [0.29, 0.717) is 30.2 Å². The lowest BCUT2D eigenvalue weighted by molar-refractivity contribution is 0.0953. The van der Waals surface area contributed by atoms with E-state index in [1.165, 1.54) is 36.7 Å². The summed E-state index contributed by atoms with van der Waals surface area (Å²) in [5, 5.41) is 5.68. The van der Waals surface area contributed by atoms with Gasteiger partial charge in [0.05, 0.1) is 5.56 Å². The van der Waals surface area contributed by atoms with Crippen molar-refractivity contribution in [3.63, 3.8) is 0 Å². The lowest BCUT2D eigenvalue weighted by atomic mass is 10.1. The average molecular weight is 354 g/mol. The molecule has 2 N–H and O–H groups in total. The molecule has 0 atom stereocenters. The molecule has 132 valence electrons. The Balaban J connectivity index is 1.51. The lowest BCUT2D eigenvalue weighted by Crippen LogP contribution is -2.26. The average Bonchev–Trinajstić information content (AvgIpc) is 2.66. The van der Waals surface area contributed by atoms with Crippen molar-refractivity contribution in [1.29, 1.82) is 0 Å². The monoisotopic (exact) mass is 354 g/mol. The maximum Gasteiger partial charge on any atom is 0.254 e. The van der Waals surface area contributed by atoms with Crippen molar-refractivity contribution >= 4 is 17.5 Å². The van der Waals surface area contributed by atoms with Crippen LogP contribution in [0.15, 0.2) is 60.9 Å². The minimum Gasteiger partial charge on any atom is -0.352 e. The van der Waals surface area contributed by atoms with Crippen LogP contribution >= 0.6 is 0 Å². The van der Waals surface area contributed by atoms with E-state index in [4.69, 9.17) is 0 Å². The first-order valence-corrected chi connectivity index (χ1v) is 7.97. The zero-order valence-corrected chi connectivity index (χ0v) is 13.7. The largest absolute Gasteiger partial charge is 0.352 e. The van der Waals surface area contributed by atoms with Crippen LogP contribution in [0.3, 0.4) is 0 Å². The molecule has 26 heavy (non-hydrogen) atoms. The second-order valence-corrected chi connectivity index (χ2v) is 5.56. The van der Waals surface area contributed by atoms with Crippen molar-refractivity contribution in [3.8, 4) is 0 Å². The SMILES string of the molecule is O=C(NCCc1ccc(F)cc1)c1cnc(Nc2ccc(F)cc2)nc1. The van der Waals surface area contributed by atoms with Gasteiger partial charge in [-0.15, -0.1) is 0 Å². The topological polar surface area (TPSA) is 66.9 Å². The van der Waals surface area contributed by atoms with Crippen LogP contribution in [0, 0.1) is 11.6 Å². The van der Waals surface area contributed by atoms with Crippen molar-refractivity contribution in [1.82, 2.24) is 15.3 Å². The molecule has 0 radical (unpaired) electrons. The van der Waals surface area contributed by atoms with Gasteiger partial charge in [0, 0.05) is 24.6 Å². The molecule has 0 aliphatic carbocycles. The Hall–Kier alpha value is -3.35. The summed E-state index contributed by atoms with van der Waals surface area (Å²) in [5.74, 6) is -0.603. The molecule has 0 saturated carbocycles. The first-order chi connectivity index (χ1) is 12.6. The Labute approximate surface area is 149 Å². The molecule has 0 bridgehead atoms. The molecule has 1 amide bonds. The summed E-state index contributed by atoms with van der Waals surface area (Å²) in [7, 11) is 0. The number of hydrogen-bond donors (Lipinski definition) is 2. The predicted molar refractivity (Wildman–Crippen MR) is 94.2 cm³/mol. The number of nitrogens with zero attached hydrogens (tertiary/aromatic N) is 2. The highest BCUT2D eigenvalue weighted by Crippen LogP contribution is 2.13. The molecule has 0 aliphatic heterocycles. The van der Waals surface area contributed by atoms with E-state index in [2.05, 4.69) is 20.6 Å². The fourth-order valence-electron chi connectivity index (χ4n) is 2.25. The van der Waals surface area contributed by atoms with E-state index >= 15 is 0 Å². The number of hydrogen-bond acceptors (Lipinski definition) is 4. The minimum absolute atomic E-state index is 0.288. The molecule has 2 aromatic carbocycles. The van der Waals surface area contributed by atoms with Crippen molar-refractivity contribution < 1.29 is 13.6 Å². The van der Waals surface area contributed by atoms with Gasteiger partial charge in [0.2, 0.25) is 5.95 Å². The van der Waals surface area contributed by atoms with Crippen LogP contribution in [0.1, 0.15) is 15.9 Å². The third-order valence-corrected chi connectivity index (χ3v) is 3.63. The van der Waals surface area contributed by atoms with Crippen molar-refractivity contribution in [2.75, 3.05) is 11.9 Å². The highest BCUT2D eigenvalue weighted by molar-refractivity contribution is 5.93. The van der Waals surface area contributed by atoms with Crippen molar-refractivity contribution in [2.45, 2.75) is 6.42 Å². The maximum absolute atomic E-state index is 12.9. The molecule has 0 saturated heterocycles. The summed E-state index contributed by atoms with van der Waals surface area (Å²) in [6.07, 6.45) is 3.41. The number of anilines is 2. The van der Waals surface area contributed by atoms with Gasteiger partial charge in [0.25, 0.3) is 5.91 Å². The molecule has 3 aromatic rings. The molecule has 3 rings (SSSR count). The minimum atomic E-state index is -0.330. The second-order valence-electron chi connectivity index (χ2n) is 5.56. The molecule has 0 unspecified atom stereocenters. The zero-order chi connectivity index (χ0) is 18.4. The molecule has 0 aliphatic rings. The summed E-state index contributed by atoms with van der Waals surface area (Å²) in [6, 6.07) is 11.9. The highest BCUT2D eigenvalue weighted by Gasteiger charge is 2.07. The van der Waals surface area contributed by atoms with Crippen molar-refractivity contribution in [2.24, 2.45) is 0 Å². The van der Waals surface area contributed by atoms with Crippen LogP contribution in [-0.2, 0) is 6.42 Å². The summed E-state index contributed by atoms with van der Waals surface area (Å²) in [4.78, 5) is 20.2. The van der Waals surface area contributed by atoms with E-state index in [1.807, 2.05) is 0 Å². The predicted octanol–water partition coefficient (Wildman–Crippen LogP) is 3.47. The molecule has 0 spiro atoms. The normalized spacial score (nSPS) is 10.4. The molecular formula is C19H16F2N4O. The standard InChI is InChI=1S/C19H16F2N4O/c20-15-3-1-13(2-4-15)9-10-22-18(26)14-11-23-19(24-12-14)25-17-7-5-16(21)6-8-17/h1-8,11-12H,9-10H2,(H,22,26)(H,23,24,25). The van der Waals surface area contributed by atoms with Gasteiger partial charge >= 0.3 is 0 Å². The van der Waals surface area contributed by atoms with E-state index in [9.17, 15) is 13.6 Å². The molecular weight excluding hydrogens is 338 g/mol. The number of amides is 1. The Morgan fingerprint density at radius 2 is 1.46 bits per heavy atom. The number of benzene rings is 2. The van der Waals surface area contributed by atoms with E-state index < -0.39 is 0 Å². The van der Waals surface area contributed by atoms with Gasteiger partial charge in [-0.3, -0.25) is 4.79 Å². The fourth-order valence-corrected chi connectivity index (χ4v) is 2.25. The number of nitrogens with one attached hydrogen (secondary N) is 2. The highest BCUT2D eigenvalue weighted by atomic mass is 19.1. The van der Waals surface area contributed by atoms with E-state index in [0.717, 1.165) is 5.56 Å². The second kappa shape index (κ2) is 8.15. The van der Waals surface area contributed by atoms with Crippen LogP contribution in [0.25, 0.3) is 0 Å². The number of carbonyl (C=O) groups excluding carboxylic acids is 1. The van der Waals surface area contributed by atoms with Gasteiger partial charge in [-0.25, -0.2) is 18.7 Å². The Bertz CT molecular complexity index is 866. The Kier molecular flexibility index (Phi) is 5.48. The molecule has 7 heteroatoms. The number of carbonyl (C=O) groups is 1. The van der Waals surface area contributed by atoms with Crippen LogP contribution in [0.4, 0.5) is 20.4 Å². The van der Waals surface area contributed by atoms with Gasteiger partial charge in [0.1, 0.15) is 11.6 Å². The van der Waals surface area contributed by atoms with Gasteiger partial charge in [-0.2, -0.15) is 0 Å². The van der Waals surface area contributed by atoms with Crippen LogP contribution < -0.4 is 10.6 Å². The van der Waals surface area contributed by atoms with Gasteiger partial charge in [-0.1, -0.05) is 12.1 Å². The first kappa shape index (κ1) is 17.5. The smallest absolute Gasteiger partial charge is 0.254 e. The first-order valence-electron chi connectivity index (χ1n) is 7.97. The molecule has 0 fully saturated rings.